The highest BCUT2D eigenvalue weighted by Gasteiger charge is 2.58. The zero-order chi connectivity index (χ0) is 46.7. The Labute approximate surface area is 411 Å². The van der Waals surface area contributed by atoms with Crippen LogP contribution in [-0.4, -0.2) is 15.0 Å². The minimum Gasteiger partial charge on any atom is -0.457 e. The molecule has 0 saturated carbocycles. The molecule has 0 fully saturated rings. The van der Waals surface area contributed by atoms with E-state index in [4.69, 9.17) is 19.7 Å². The van der Waals surface area contributed by atoms with Crippen LogP contribution in [0.3, 0.4) is 0 Å². The van der Waals surface area contributed by atoms with Crippen LogP contribution in [0.15, 0.2) is 249 Å². The van der Waals surface area contributed by atoms with Crippen molar-refractivity contribution in [1.29, 1.82) is 0 Å². The molecule has 330 valence electrons. The van der Waals surface area contributed by atoms with Crippen molar-refractivity contribution < 1.29 is 4.74 Å². The topological polar surface area (TPSA) is 47.9 Å². The van der Waals surface area contributed by atoms with Gasteiger partial charge in [0.05, 0.1) is 10.8 Å². The summed E-state index contributed by atoms with van der Waals surface area (Å²) in [4.78, 5) is 15.4. The molecule has 0 radical (unpaired) electrons. The van der Waals surface area contributed by atoms with Crippen LogP contribution >= 0.6 is 0 Å². The Morgan fingerprint density at radius 2 is 0.704 bits per heavy atom. The third-order valence-corrected chi connectivity index (χ3v) is 15.4. The van der Waals surface area contributed by atoms with Gasteiger partial charge in [0.15, 0.2) is 17.5 Å². The first-order valence-electron chi connectivity index (χ1n) is 24.3. The summed E-state index contributed by atoms with van der Waals surface area (Å²) >= 11 is 0. The molecule has 0 amide bonds. The lowest BCUT2D eigenvalue weighted by Gasteiger charge is -2.51. The van der Waals surface area contributed by atoms with Crippen molar-refractivity contribution in [3.63, 3.8) is 0 Å². The van der Waals surface area contributed by atoms with Gasteiger partial charge in [-0.3, -0.25) is 0 Å². The van der Waals surface area contributed by atoms with Crippen LogP contribution < -0.4 is 4.74 Å². The summed E-state index contributed by atoms with van der Waals surface area (Å²) in [6, 6.07) is 89.9. The molecule has 1 aromatic heterocycles. The third-order valence-electron chi connectivity index (χ3n) is 15.4. The Balaban J connectivity index is 0.896. The Kier molecular flexibility index (Phi) is 8.46. The highest BCUT2D eigenvalue weighted by Crippen LogP contribution is 2.67. The normalized spacial score (nSPS) is 14.0. The zero-order valence-corrected chi connectivity index (χ0v) is 38.4. The lowest BCUT2D eigenvalue weighted by Crippen LogP contribution is -2.45. The van der Waals surface area contributed by atoms with E-state index in [1.54, 1.807) is 0 Å². The summed E-state index contributed by atoms with van der Waals surface area (Å²) in [5.74, 6) is 3.54. The molecule has 11 aromatic carbocycles. The number of rotatable bonds is 4. The average Bonchev–Trinajstić information content (AvgIpc) is 3.75. The van der Waals surface area contributed by atoms with Gasteiger partial charge in [-0.25, -0.2) is 15.0 Å². The molecule has 0 N–H and O–H groups in total. The molecule has 0 unspecified atom stereocenters. The van der Waals surface area contributed by atoms with Crippen molar-refractivity contribution in [3.05, 3.63) is 293 Å². The Morgan fingerprint density at radius 1 is 0.254 bits per heavy atom. The number of fused-ring (bicyclic) bond motifs is 18. The first kappa shape index (κ1) is 39.7. The van der Waals surface area contributed by atoms with E-state index in [1.807, 2.05) is 18.2 Å². The highest BCUT2D eigenvalue weighted by molar-refractivity contribution is 6.08. The number of hydrogen-bond acceptors (Lipinski definition) is 4. The molecule has 12 aromatic rings. The van der Waals surface area contributed by atoms with Crippen LogP contribution in [-0.2, 0) is 10.8 Å². The summed E-state index contributed by atoms with van der Waals surface area (Å²) in [5.41, 5.74) is 16.2. The van der Waals surface area contributed by atoms with Crippen molar-refractivity contribution in [1.82, 2.24) is 15.0 Å². The van der Waals surface area contributed by atoms with Gasteiger partial charge in [-0.15, -0.1) is 0 Å². The Hall–Kier alpha value is -9.25. The standard InChI is InChI=1S/C67H41N3O/c1-2-18-43(19-3-1)63-68-64(70-65(69-63)48-35-37-50-46(40-48)34-33-42-17-4-5-22-49(42)50)47-21-16-20-44(39-47)45-36-38-60-62(41-45)71-61-32-15-14-31-59(61)67(60)57-29-12-10-27-55(57)66(56-28-11-13-30-58(56)67)53-25-8-6-23-51(53)52-24-7-9-26-54(52)66/h1-41H. The molecule has 0 saturated heterocycles. The smallest absolute Gasteiger partial charge is 0.164 e. The van der Waals surface area contributed by atoms with Gasteiger partial charge >= 0.3 is 0 Å². The molecule has 3 aliphatic rings. The van der Waals surface area contributed by atoms with Crippen LogP contribution in [0.4, 0.5) is 0 Å². The number of hydrogen-bond donors (Lipinski definition) is 0. The van der Waals surface area contributed by atoms with Crippen LogP contribution in [0.1, 0.15) is 44.5 Å². The quantitative estimate of drug-likeness (QED) is 0.165. The lowest BCUT2D eigenvalue weighted by molar-refractivity contribution is 0.429. The van der Waals surface area contributed by atoms with Gasteiger partial charge < -0.3 is 4.74 Å². The minimum atomic E-state index is -0.680. The van der Waals surface area contributed by atoms with Gasteiger partial charge in [-0.2, -0.15) is 0 Å². The van der Waals surface area contributed by atoms with Gasteiger partial charge in [0.25, 0.3) is 0 Å². The maximum absolute atomic E-state index is 7.09. The van der Waals surface area contributed by atoms with E-state index in [1.165, 1.54) is 60.7 Å². The summed E-state index contributed by atoms with van der Waals surface area (Å²) < 4.78 is 7.09. The second-order valence-corrected chi connectivity index (χ2v) is 19.0. The first-order chi connectivity index (χ1) is 35.2. The van der Waals surface area contributed by atoms with Crippen molar-refractivity contribution in [2.45, 2.75) is 10.8 Å². The van der Waals surface area contributed by atoms with Crippen molar-refractivity contribution >= 4 is 21.5 Å². The molecule has 15 rings (SSSR count). The second kappa shape index (κ2) is 15.1. The molecule has 0 bridgehead atoms. The molecule has 0 atom stereocenters. The summed E-state index contributed by atoms with van der Waals surface area (Å²) in [5, 5.41) is 4.78. The number of aromatic nitrogens is 3. The van der Waals surface area contributed by atoms with Gasteiger partial charge in [-0.1, -0.05) is 224 Å². The number of nitrogens with zero attached hydrogens (tertiary/aromatic N) is 3. The van der Waals surface area contributed by atoms with E-state index in [0.29, 0.717) is 17.5 Å². The summed E-state index contributed by atoms with van der Waals surface area (Å²) in [6.07, 6.45) is 0. The van der Waals surface area contributed by atoms with E-state index in [9.17, 15) is 0 Å². The molecule has 4 nitrogen and oxygen atoms in total. The zero-order valence-electron chi connectivity index (χ0n) is 38.4. The SMILES string of the molecule is c1ccc(-c2nc(-c3cccc(-c4ccc5c(c4)Oc4ccccc4C54c5ccccc5C5(c6ccccc6-c6ccccc65)c5ccccc54)c3)nc(-c3ccc4c(ccc5ccccc54)c3)n2)cc1. The van der Waals surface area contributed by atoms with Crippen molar-refractivity contribution in [3.8, 4) is 67.9 Å². The molecule has 2 spiro atoms. The summed E-state index contributed by atoms with van der Waals surface area (Å²) in [7, 11) is 0. The van der Waals surface area contributed by atoms with E-state index in [0.717, 1.165) is 55.8 Å². The molecule has 2 aliphatic carbocycles. The number of para-hydroxylation sites is 1. The molecule has 71 heavy (non-hydrogen) atoms. The second-order valence-electron chi connectivity index (χ2n) is 19.0. The largest absolute Gasteiger partial charge is 0.457 e. The Morgan fingerprint density at radius 3 is 1.39 bits per heavy atom. The third kappa shape index (κ3) is 5.59. The van der Waals surface area contributed by atoms with Crippen LogP contribution in [0.25, 0.3) is 78.0 Å². The van der Waals surface area contributed by atoms with Gasteiger partial charge in [0, 0.05) is 27.8 Å². The first-order valence-corrected chi connectivity index (χ1v) is 24.3. The predicted octanol–water partition coefficient (Wildman–Crippen LogP) is 16.0. The molecular weight excluding hydrogens is 863 g/mol. The highest BCUT2D eigenvalue weighted by atomic mass is 16.5. The summed E-state index contributed by atoms with van der Waals surface area (Å²) in [6.45, 7) is 0. The van der Waals surface area contributed by atoms with Crippen molar-refractivity contribution in [2.75, 3.05) is 0 Å². The van der Waals surface area contributed by atoms with E-state index < -0.39 is 10.8 Å². The maximum atomic E-state index is 7.09. The van der Waals surface area contributed by atoms with E-state index >= 15 is 0 Å². The lowest BCUT2D eigenvalue weighted by atomic mass is 9.51. The fourth-order valence-electron chi connectivity index (χ4n) is 12.5. The monoisotopic (exact) mass is 903 g/mol. The van der Waals surface area contributed by atoms with Gasteiger partial charge in [0.1, 0.15) is 11.5 Å². The maximum Gasteiger partial charge on any atom is 0.164 e. The number of ether oxygens (including phenoxy) is 1. The molecule has 2 heterocycles. The van der Waals surface area contributed by atoms with E-state index in [-0.39, 0.29) is 0 Å². The van der Waals surface area contributed by atoms with Crippen molar-refractivity contribution in [2.24, 2.45) is 0 Å². The minimum absolute atomic E-state index is 0.516. The van der Waals surface area contributed by atoms with Crippen LogP contribution in [0.5, 0.6) is 11.5 Å². The average molecular weight is 904 g/mol. The molecular formula is C67H41N3O. The molecule has 1 aliphatic heterocycles. The number of benzene rings is 11. The van der Waals surface area contributed by atoms with Crippen LogP contribution in [0, 0.1) is 0 Å². The molecule has 4 heteroatoms. The predicted molar refractivity (Wildman–Crippen MR) is 286 cm³/mol. The fraction of sp³-hybridized carbons (Fsp3) is 0.0299. The van der Waals surface area contributed by atoms with Gasteiger partial charge in [0.2, 0.25) is 0 Å². The van der Waals surface area contributed by atoms with Gasteiger partial charge in [-0.05, 0) is 101 Å². The van der Waals surface area contributed by atoms with Crippen LogP contribution in [0.2, 0.25) is 0 Å². The fourth-order valence-corrected chi connectivity index (χ4v) is 12.5. The Bertz CT molecular complexity index is 4080. The van der Waals surface area contributed by atoms with E-state index in [2.05, 4.69) is 231 Å².